The van der Waals surface area contributed by atoms with E-state index >= 15 is 0 Å². The van der Waals surface area contributed by atoms with Gasteiger partial charge in [-0.05, 0) is 44.6 Å². The highest BCUT2D eigenvalue weighted by Crippen LogP contribution is 2.16. The molecule has 0 unspecified atom stereocenters. The summed E-state index contributed by atoms with van der Waals surface area (Å²) in [4.78, 5) is 7.23. The average Bonchev–Trinajstić information content (AvgIpc) is 2.81. The van der Waals surface area contributed by atoms with E-state index in [1.54, 1.807) is 0 Å². The number of rotatable bonds is 11. The molecule has 0 spiro atoms. The number of nitrogens with zero attached hydrogens (tertiary/aromatic N) is 2. The largest absolute Gasteiger partial charge is 0.378 e. The Labute approximate surface area is 188 Å². The van der Waals surface area contributed by atoms with Crippen LogP contribution >= 0.6 is 0 Å². The maximum Gasteiger partial charge on any atom is 0.191 e. The summed E-state index contributed by atoms with van der Waals surface area (Å²) < 4.78 is 11.5. The number of benzene rings is 1. The van der Waals surface area contributed by atoms with Gasteiger partial charge in [-0.3, -0.25) is 9.89 Å². The maximum atomic E-state index is 6.13. The van der Waals surface area contributed by atoms with Crippen molar-refractivity contribution in [2.45, 2.75) is 51.7 Å². The van der Waals surface area contributed by atoms with Crippen LogP contribution in [0.2, 0.25) is 0 Å². The van der Waals surface area contributed by atoms with E-state index in [2.05, 4.69) is 58.9 Å². The van der Waals surface area contributed by atoms with Crippen LogP contribution in [0.4, 0.5) is 0 Å². The molecule has 2 heterocycles. The van der Waals surface area contributed by atoms with Crippen molar-refractivity contribution in [2.24, 2.45) is 4.99 Å². The van der Waals surface area contributed by atoms with Gasteiger partial charge in [0.2, 0.25) is 0 Å². The van der Waals surface area contributed by atoms with Crippen LogP contribution in [0, 0.1) is 0 Å². The van der Waals surface area contributed by atoms with Crippen LogP contribution in [-0.4, -0.2) is 69.5 Å². The Morgan fingerprint density at radius 2 is 2.03 bits per heavy atom. The molecule has 1 aromatic rings. The number of hydrogen-bond acceptors (Lipinski definition) is 4. The molecule has 0 aliphatic carbocycles. The Morgan fingerprint density at radius 1 is 1.19 bits per heavy atom. The Balaban J connectivity index is 1.25. The first-order chi connectivity index (χ1) is 15.3. The van der Waals surface area contributed by atoms with Gasteiger partial charge in [-0.2, -0.15) is 0 Å². The lowest BCUT2D eigenvalue weighted by Gasteiger charge is -2.31. The van der Waals surface area contributed by atoms with Gasteiger partial charge in [-0.25, -0.2) is 0 Å². The monoisotopic (exact) mass is 428 g/mol. The minimum absolute atomic E-state index is 0.398. The molecule has 3 rings (SSSR count). The van der Waals surface area contributed by atoms with Gasteiger partial charge in [0.25, 0.3) is 0 Å². The zero-order valence-electron chi connectivity index (χ0n) is 19.2. The van der Waals surface area contributed by atoms with Crippen LogP contribution in [-0.2, 0) is 16.0 Å². The second-order valence-electron chi connectivity index (χ2n) is 8.31. The third-order valence-electron chi connectivity index (χ3n) is 5.85. The molecule has 1 aromatic carbocycles. The zero-order valence-corrected chi connectivity index (χ0v) is 19.2. The van der Waals surface area contributed by atoms with E-state index in [-0.39, 0.29) is 0 Å². The van der Waals surface area contributed by atoms with Gasteiger partial charge in [0.15, 0.2) is 5.96 Å². The molecule has 1 saturated heterocycles. The molecule has 0 aromatic heterocycles. The summed E-state index contributed by atoms with van der Waals surface area (Å²) in [6.45, 7) is 10.4. The Morgan fingerprint density at radius 3 is 2.77 bits per heavy atom. The summed E-state index contributed by atoms with van der Waals surface area (Å²) in [5.74, 6) is 0.907. The molecule has 0 atom stereocenters. The quantitative estimate of drug-likeness (QED) is 0.245. The summed E-state index contributed by atoms with van der Waals surface area (Å²) in [6, 6.07) is 10.7. The lowest BCUT2D eigenvalue weighted by atomic mass is 10.1. The summed E-state index contributed by atoms with van der Waals surface area (Å²) in [7, 11) is 0. The molecule has 0 amide bonds. The van der Waals surface area contributed by atoms with Gasteiger partial charge in [-0.1, -0.05) is 42.0 Å². The van der Waals surface area contributed by atoms with Crippen LogP contribution in [0.25, 0.3) is 0 Å². The molecule has 1 fully saturated rings. The molecule has 6 nitrogen and oxygen atoms in total. The van der Waals surface area contributed by atoms with Crippen LogP contribution < -0.4 is 10.6 Å². The van der Waals surface area contributed by atoms with E-state index in [9.17, 15) is 0 Å². The molecule has 31 heavy (non-hydrogen) atoms. The highest BCUT2D eigenvalue weighted by molar-refractivity contribution is 5.79. The van der Waals surface area contributed by atoms with Crippen molar-refractivity contribution in [1.82, 2.24) is 15.5 Å². The third kappa shape index (κ3) is 9.42. The number of nitrogens with one attached hydrogen (secondary N) is 2. The molecule has 6 heteroatoms. The van der Waals surface area contributed by atoms with E-state index < -0.39 is 0 Å². The molecule has 2 N–H and O–H groups in total. The SMILES string of the molecule is CCNC(=NCCCOC1CCN(Cc2ccccc2)CC1)NCCC1=CCOCC1. The molecule has 0 bridgehead atoms. The minimum atomic E-state index is 0.398. The van der Waals surface area contributed by atoms with Gasteiger partial charge < -0.3 is 20.1 Å². The van der Waals surface area contributed by atoms with E-state index in [0.717, 1.165) is 97.2 Å². The molecule has 0 radical (unpaired) electrons. The van der Waals surface area contributed by atoms with E-state index in [4.69, 9.17) is 14.5 Å². The predicted octanol–water partition coefficient (Wildman–Crippen LogP) is 3.35. The summed E-state index contributed by atoms with van der Waals surface area (Å²) >= 11 is 0. The minimum Gasteiger partial charge on any atom is -0.378 e. The molecule has 2 aliphatic heterocycles. The van der Waals surface area contributed by atoms with Crippen LogP contribution in [0.5, 0.6) is 0 Å². The fraction of sp³-hybridized carbons (Fsp3) is 0.640. The number of aliphatic imine (C=N–C) groups is 1. The number of ether oxygens (including phenoxy) is 2. The van der Waals surface area contributed by atoms with Gasteiger partial charge in [-0.15, -0.1) is 0 Å². The Hall–Kier alpha value is -1.89. The zero-order chi connectivity index (χ0) is 21.6. The number of likely N-dealkylation sites (tertiary alicyclic amines) is 1. The number of piperidine rings is 1. The lowest BCUT2D eigenvalue weighted by molar-refractivity contribution is 0.00566. The molecular weight excluding hydrogens is 388 g/mol. The van der Waals surface area contributed by atoms with Gasteiger partial charge >= 0.3 is 0 Å². The standard InChI is InChI=1S/C25H40N4O2/c1-2-26-25(28-15-9-22-12-19-30-20-13-22)27-14-6-18-31-24-10-16-29(17-11-24)21-23-7-4-3-5-8-23/h3-5,7-8,12,24H,2,6,9-11,13-21H2,1H3,(H2,26,27,28). The van der Waals surface area contributed by atoms with Crippen molar-refractivity contribution in [1.29, 1.82) is 0 Å². The van der Waals surface area contributed by atoms with Crippen molar-refractivity contribution in [3.05, 3.63) is 47.5 Å². The highest BCUT2D eigenvalue weighted by Gasteiger charge is 2.19. The molecular formula is C25H40N4O2. The first-order valence-corrected chi connectivity index (χ1v) is 12.0. The average molecular weight is 429 g/mol. The normalized spacial score (nSPS) is 18.6. The van der Waals surface area contributed by atoms with Crippen molar-refractivity contribution in [3.8, 4) is 0 Å². The topological polar surface area (TPSA) is 58.1 Å². The van der Waals surface area contributed by atoms with Crippen LogP contribution in [0.1, 0.15) is 44.6 Å². The highest BCUT2D eigenvalue weighted by atomic mass is 16.5. The van der Waals surface area contributed by atoms with E-state index in [0.29, 0.717) is 6.10 Å². The Kier molecular flexibility index (Phi) is 10.9. The van der Waals surface area contributed by atoms with Gasteiger partial charge in [0.05, 0.1) is 19.3 Å². The first kappa shape index (κ1) is 23.8. The molecule has 2 aliphatic rings. The molecule has 172 valence electrons. The van der Waals surface area contributed by atoms with Crippen molar-refractivity contribution in [2.75, 3.05) is 52.5 Å². The second-order valence-corrected chi connectivity index (χ2v) is 8.31. The first-order valence-electron chi connectivity index (χ1n) is 12.0. The van der Waals surface area contributed by atoms with Crippen molar-refractivity contribution >= 4 is 5.96 Å². The van der Waals surface area contributed by atoms with E-state index in [1.165, 1.54) is 11.1 Å². The summed E-state index contributed by atoms with van der Waals surface area (Å²) in [5.41, 5.74) is 2.88. The number of hydrogen-bond donors (Lipinski definition) is 2. The van der Waals surface area contributed by atoms with E-state index in [1.807, 2.05) is 0 Å². The van der Waals surface area contributed by atoms with Crippen LogP contribution in [0.15, 0.2) is 47.0 Å². The fourth-order valence-corrected chi connectivity index (χ4v) is 4.06. The lowest BCUT2D eigenvalue weighted by Crippen LogP contribution is -2.38. The van der Waals surface area contributed by atoms with Gasteiger partial charge in [0.1, 0.15) is 0 Å². The summed E-state index contributed by atoms with van der Waals surface area (Å²) in [5, 5.41) is 6.78. The fourth-order valence-electron chi connectivity index (χ4n) is 4.06. The van der Waals surface area contributed by atoms with Crippen molar-refractivity contribution < 1.29 is 9.47 Å². The third-order valence-corrected chi connectivity index (χ3v) is 5.85. The van der Waals surface area contributed by atoms with Crippen LogP contribution in [0.3, 0.4) is 0 Å². The molecule has 0 saturated carbocycles. The smallest absolute Gasteiger partial charge is 0.191 e. The second kappa shape index (κ2) is 14.2. The maximum absolute atomic E-state index is 6.13. The van der Waals surface area contributed by atoms with Crippen molar-refractivity contribution in [3.63, 3.8) is 0 Å². The number of guanidine groups is 1. The predicted molar refractivity (Wildman–Crippen MR) is 127 cm³/mol. The summed E-state index contributed by atoms with van der Waals surface area (Å²) in [6.07, 6.45) is 7.93. The van der Waals surface area contributed by atoms with Gasteiger partial charge in [0, 0.05) is 45.9 Å². The Bertz CT molecular complexity index is 669.